The molecule has 71 valence electrons. The zero-order valence-corrected chi connectivity index (χ0v) is 8.64. The minimum Gasteiger partial charge on any atom is -0.221 e. The predicted octanol–water partition coefficient (Wildman–Crippen LogP) is 2.18. The summed E-state index contributed by atoms with van der Waals surface area (Å²) in [4.78, 5) is 0. The summed E-state index contributed by atoms with van der Waals surface area (Å²) in [6.45, 7) is 8.98. The molecule has 0 spiro atoms. The molecule has 12 heavy (non-hydrogen) atoms. The fraction of sp³-hybridized carbons (Fsp3) is 1.00. The van der Waals surface area contributed by atoms with Crippen LogP contribution in [0.25, 0.3) is 0 Å². The number of hydrogen-bond donors (Lipinski definition) is 0. The van der Waals surface area contributed by atoms with Gasteiger partial charge in [0.05, 0.1) is 0 Å². The molecule has 1 radical (unpaired) electrons. The lowest BCUT2D eigenvalue weighted by Gasteiger charge is -2.35. The molecule has 1 aliphatic heterocycles. The van der Waals surface area contributed by atoms with Crippen molar-refractivity contribution in [3.63, 3.8) is 0 Å². The van der Waals surface area contributed by atoms with Crippen molar-refractivity contribution >= 4 is 0 Å². The highest BCUT2D eigenvalue weighted by molar-refractivity contribution is 4.78. The highest BCUT2D eigenvalue weighted by Crippen LogP contribution is 2.19. The Morgan fingerprint density at radius 3 is 2.67 bits per heavy atom. The minimum atomic E-state index is 0.268. The van der Waals surface area contributed by atoms with E-state index in [0.29, 0.717) is 0 Å². The van der Waals surface area contributed by atoms with Crippen LogP contribution in [0, 0.1) is 0 Å². The molecule has 1 saturated heterocycles. The maximum Gasteiger partial charge on any atom is 0.0311 e. The van der Waals surface area contributed by atoms with Gasteiger partial charge in [0.2, 0.25) is 0 Å². The summed E-state index contributed by atoms with van der Waals surface area (Å²) in [7, 11) is 0. The summed E-state index contributed by atoms with van der Waals surface area (Å²) in [6, 6.07) is 0. The number of nitrogens with zero attached hydrogens (tertiary/aromatic N) is 2. The van der Waals surface area contributed by atoms with E-state index < -0.39 is 0 Å². The van der Waals surface area contributed by atoms with Crippen LogP contribution in [0.5, 0.6) is 0 Å². The molecule has 0 atom stereocenters. The maximum absolute atomic E-state index is 4.60. The van der Waals surface area contributed by atoms with Gasteiger partial charge in [0.15, 0.2) is 0 Å². The van der Waals surface area contributed by atoms with Crippen molar-refractivity contribution in [2.45, 2.75) is 52.0 Å². The van der Waals surface area contributed by atoms with Gasteiger partial charge in [-0.1, -0.05) is 13.3 Å². The first-order valence-corrected chi connectivity index (χ1v) is 5.12. The fourth-order valence-electron chi connectivity index (χ4n) is 1.49. The smallest absolute Gasteiger partial charge is 0.0311 e. The molecule has 0 N–H and O–H groups in total. The Bertz CT molecular complexity index is 124. The van der Waals surface area contributed by atoms with E-state index in [2.05, 4.69) is 31.2 Å². The zero-order chi connectivity index (χ0) is 9.03. The standard InChI is InChI=1S/C10H21N2/c1-4-10(2,3)12-9-7-5-6-8-11-12/h4-9H2,1-3H3. The van der Waals surface area contributed by atoms with Gasteiger partial charge in [-0.25, -0.2) is 5.01 Å². The van der Waals surface area contributed by atoms with Gasteiger partial charge in [-0.2, -0.15) is 5.43 Å². The van der Waals surface area contributed by atoms with Crippen LogP contribution in [-0.4, -0.2) is 23.6 Å². The Labute approximate surface area is 76.3 Å². The molecule has 2 heteroatoms. The Hall–Kier alpha value is -0.0800. The second kappa shape index (κ2) is 4.24. The van der Waals surface area contributed by atoms with E-state index in [4.69, 9.17) is 0 Å². The summed E-state index contributed by atoms with van der Waals surface area (Å²) in [5, 5.41) is 2.29. The minimum absolute atomic E-state index is 0.268. The van der Waals surface area contributed by atoms with Gasteiger partial charge in [0, 0.05) is 18.6 Å². The van der Waals surface area contributed by atoms with E-state index >= 15 is 0 Å². The number of rotatable bonds is 2. The Kier molecular flexibility index (Phi) is 3.53. The lowest BCUT2D eigenvalue weighted by molar-refractivity contribution is 0.0580. The average molecular weight is 169 g/mol. The van der Waals surface area contributed by atoms with E-state index in [1.807, 2.05) is 0 Å². The highest BCUT2D eigenvalue weighted by atomic mass is 15.5. The lowest BCUT2D eigenvalue weighted by atomic mass is 10.0. The van der Waals surface area contributed by atoms with Crippen LogP contribution in [-0.2, 0) is 0 Å². The summed E-state index contributed by atoms with van der Waals surface area (Å²) in [6.07, 6.45) is 5.11. The van der Waals surface area contributed by atoms with E-state index in [0.717, 1.165) is 13.1 Å². The van der Waals surface area contributed by atoms with Gasteiger partial charge in [-0.05, 0) is 33.1 Å². The average Bonchev–Trinajstić information content (AvgIpc) is 2.32. The van der Waals surface area contributed by atoms with Crippen molar-refractivity contribution in [1.29, 1.82) is 0 Å². The molecule has 0 aromatic rings. The van der Waals surface area contributed by atoms with Crippen LogP contribution in [0.3, 0.4) is 0 Å². The van der Waals surface area contributed by atoms with Gasteiger partial charge >= 0.3 is 0 Å². The van der Waals surface area contributed by atoms with E-state index in [1.165, 1.54) is 25.7 Å². The maximum atomic E-state index is 4.60. The number of hydrogen-bond acceptors (Lipinski definition) is 1. The molecule has 0 aliphatic carbocycles. The third-order valence-electron chi connectivity index (χ3n) is 2.86. The summed E-state index contributed by atoms with van der Waals surface area (Å²) in [5.41, 5.74) is 4.87. The van der Waals surface area contributed by atoms with Crippen LogP contribution < -0.4 is 5.43 Å². The van der Waals surface area contributed by atoms with Gasteiger partial charge in [0.1, 0.15) is 0 Å². The predicted molar refractivity (Wildman–Crippen MR) is 51.9 cm³/mol. The summed E-state index contributed by atoms with van der Waals surface area (Å²) < 4.78 is 0. The molecule has 1 heterocycles. The molecule has 0 amide bonds. The first-order valence-electron chi connectivity index (χ1n) is 5.12. The lowest BCUT2D eigenvalue weighted by Crippen LogP contribution is -2.47. The van der Waals surface area contributed by atoms with Crippen molar-refractivity contribution in [2.75, 3.05) is 13.1 Å². The van der Waals surface area contributed by atoms with Gasteiger partial charge in [-0.3, -0.25) is 0 Å². The first kappa shape index (κ1) is 10.0. The normalized spacial score (nSPS) is 22.2. The van der Waals surface area contributed by atoms with E-state index in [1.54, 1.807) is 0 Å². The van der Waals surface area contributed by atoms with Crippen LogP contribution in [0.2, 0.25) is 0 Å². The molecule has 2 nitrogen and oxygen atoms in total. The largest absolute Gasteiger partial charge is 0.221 e. The van der Waals surface area contributed by atoms with Crippen molar-refractivity contribution in [3.8, 4) is 0 Å². The fourth-order valence-corrected chi connectivity index (χ4v) is 1.49. The second-order valence-electron chi connectivity index (χ2n) is 4.21. The molecule has 1 fully saturated rings. The zero-order valence-electron chi connectivity index (χ0n) is 8.64. The quantitative estimate of drug-likeness (QED) is 0.619. The molecule has 0 aromatic heterocycles. The van der Waals surface area contributed by atoms with Crippen molar-refractivity contribution in [1.82, 2.24) is 10.4 Å². The van der Waals surface area contributed by atoms with Crippen molar-refractivity contribution < 1.29 is 0 Å². The van der Waals surface area contributed by atoms with E-state index in [-0.39, 0.29) is 5.54 Å². The molecular weight excluding hydrogens is 148 g/mol. The Balaban J connectivity index is 2.47. The molecule has 1 aliphatic rings. The SMILES string of the molecule is CCC(C)(C)N1CCCCC[N]1. The molecule has 0 bridgehead atoms. The van der Waals surface area contributed by atoms with Crippen LogP contribution in [0.4, 0.5) is 0 Å². The van der Waals surface area contributed by atoms with Crippen LogP contribution >= 0.6 is 0 Å². The molecule has 0 aromatic carbocycles. The topological polar surface area (TPSA) is 17.3 Å². The monoisotopic (exact) mass is 169 g/mol. The van der Waals surface area contributed by atoms with Crippen LogP contribution in [0.15, 0.2) is 0 Å². The molecular formula is C10H21N2. The van der Waals surface area contributed by atoms with Gasteiger partial charge < -0.3 is 0 Å². The van der Waals surface area contributed by atoms with Crippen LogP contribution in [0.1, 0.15) is 46.5 Å². The Morgan fingerprint density at radius 2 is 2.00 bits per heavy atom. The third-order valence-corrected chi connectivity index (χ3v) is 2.86. The summed E-state index contributed by atoms with van der Waals surface area (Å²) >= 11 is 0. The first-order chi connectivity index (χ1) is 5.67. The van der Waals surface area contributed by atoms with Gasteiger partial charge in [-0.15, -0.1) is 0 Å². The molecule has 1 rings (SSSR count). The van der Waals surface area contributed by atoms with E-state index in [9.17, 15) is 0 Å². The third kappa shape index (κ3) is 2.46. The highest BCUT2D eigenvalue weighted by Gasteiger charge is 2.25. The van der Waals surface area contributed by atoms with Crippen molar-refractivity contribution in [3.05, 3.63) is 0 Å². The van der Waals surface area contributed by atoms with Crippen molar-refractivity contribution in [2.24, 2.45) is 0 Å². The molecule has 0 saturated carbocycles. The second-order valence-corrected chi connectivity index (χ2v) is 4.21. The van der Waals surface area contributed by atoms with Gasteiger partial charge in [0.25, 0.3) is 0 Å². The Morgan fingerprint density at radius 1 is 1.25 bits per heavy atom. The summed E-state index contributed by atoms with van der Waals surface area (Å²) in [5.74, 6) is 0. The molecule has 0 unspecified atom stereocenters.